The molecule has 1 aromatic carbocycles. The Morgan fingerprint density at radius 3 is 2.67 bits per heavy atom. The number of carbonyl (C=O) groups excluding carboxylic acids is 2. The van der Waals surface area contributed by atoms with Gasteiger partial charge in [-0.2, -0.15) is 0 Å². The molecular formula is C14H18BrFN2O3. The molecule has 0 unspecified atom stereocenters. The lowest BCUT2D eigenvalue weighted by Crippen LogP contribution is -2.42. The van der Waals surface area contributed by atoms with Gasteiger partial charge in [0.1, 0.15) is 0 Å². The van der Waals surface area contributed by atoms with Crippen LogP contribution in [0.3, 0.4) is 0 Å². The van der Waals surface area contributed by atoms with Crippen molar-refractivity contribution in [3.8, 4) is 5.75 Å². The molecule has 0 radical (unpaired) electrons. The second-order valence-corrected chi connectivity index (χ2v) is 5.14. The number of rotatable bonds is 7. The highest BCUT2D eigenvalue weighted by Gasteiger charge is 2.16. The second kappa shape index (κ2) is 8.61. The minimum Gasteiger partial charge on any atom is -0.481 e. The molecule has 0 atom stereocenters. The van der Waals surface area contributed by atoms with E-state index in [9.17, 15) is 14.0 Å². The van der Waals surface area contributed by atoms with Crippen molar-refractivity contribution in [3.05, 3.63) is 28.5 Å². The molecule has 0 aliphatic heterocycles. The molecule has 21 heavy (non-hydrogen) atoms. The summed E-state index contributed by atoms with van der Waals surface area (Å²) < 4.78 is 19.3. The van der Waals surface area contributed by atoms with Gasteiger partial charge in [0.25, 0.3) is 5.91 Å². The third-order valence-corrected chi connectivity index (χ3v) is 3.18. The monoisotopic (exact) mass is 360 g/mol. The van der Waals surface area contributed by atoms with Crippen LogP contribution < -0.4 is 10.1 Å². The topological polar surface area (TPSA) is 58.6 Å². The van der Waals surface area contributed by atoms with Gasteiger partial charge in [-0.05, 0) is 32.0 Å². The smallest absolute Gasteiger partial charge is 0.260 e. The van der Waals surface area contributed by atoms with Gasteiger partial charge in [0.15, 0.2) is 18.2 Å². The van der Waals surface area contributed by atoms with Gasteiger partial charge in [0.05, 0.1) is 6.54 Å². The number of halogens is 2. The molecule has 0 saturated heterocycles. The van der Waals surface area contributed by atoms with Gasteiger partial charge in [-0.25, -0.2) is 4.39 Å². The van der Waals surface area contributed by atoms with E-state index < -0.39 is 5.82 Å². The van der Waals surface area contributed by atoms with E-state index in [0.29, 0.717) is 17.6 Å². The fourth-order valence-electron chi connectivity index (χ4n) is 1.63. The first-order valence-corrected chi connectivity index (χ1v) is 7.39. The largest absolute Gasteiger partial charge is 0.481 e. The maximum Gasteiger partial charge on any atom is 0.260 e. The van der Waals surface area contributed by atoms with Gasteiger partial charge in [0, 0.05) is 17.6 Å². The number of nitrogens with zero attached hydrogens (tertiary/aromatic N) is 1. The van der Waals surface area contributed by atoms with Crippen LogP contribution in [-0.4, -0.2) is 43.0 Å². The minimum absolute atomic E-state index is 0.000567. The van der Waals surface area contributed by atoms with Gasteiger partial charge >= 0.3 is 0 Å². The Morgan fingerprint density at radius 2 is 2.10 bits per heavy atom. The van der Waals surface area contributed by atoms with Crippen LogP contribution in [0.25, 0.3) is 0 Å². The number of nitrogens with one attached hydrogen (secondary N) is 1. The van der Waals surface area contributed by atoms with E-state index >= 15 is 0 Å². The van der Waals surface area contributed by atoms with Crippen molar-refractivity contribution in [1.82, 2.24) is 10.2 Å². The SMILES string of the molecule is CCNC(=O)CN(CC)C(=O)COc1ccc(Br)cc1F. The molecule has 5 nitrogen and oxygen atoms in total. The van der Waals surface area contributed by atoms with E-state index in [1.807, 2.05) is 0 Å². The van der Waals surface area contributed by atoms with Crippen LogP contribution in [0.5, 0.6) is 5.75 Å². The van der Waals surface area contributed by atoms with E-state index in [0.717, 1.165) is 0 Å². The highest BCUT2D eigenvalue weighted by molar-refractivity contribution is 9.10. The number of benzene rings is 1. The third kappa shape index (κ3) is 5.71. The first-order valence-electron chi connectivity index (χ1n) is 6.60. The van der Waals surface area contributed by atoms with E-state index in [4.69, 9.17) is 4.74 Å². The summed E-state index contributed by atoms with van der Waals surface area (Å²) in [4.78, 5) is 24.8. The average Bonchev–Trinajstić information content (AvgIpc) is 2.43. The van der Waals surface area contributed by atoms with Gasteiger partial charge < -0.3 is 15.0 Å². The summed E-state index contributed by atoms with van der Waals surface area (Å²) in [5.74, 6) is -1.15. The fraction of sp³-hybridized carbons (Fsp3) is 0.429. The minimum atomic E-state index is -0.552. The van der Waals surface area contributed by atoms with Crippen molar-refractivity contribution in [2.75, 3.05) is 26.2 Å². The Hall–Kier alpha value is -1.63. The molecule has 0 aliphatic rings. The van der Waals surface area contributed by atoms with Crippen LogP contribution in [0.1, 0.15) is 13.8 Å². The third-order valence-electron chi connectivity index (χ3n) is 2.69. The summed E-state index contributed by atoms with van der Waals surface area (Å²) in [6.07, 6.45) is 0. The molecule has 7 heteroatoms. The summed E-state index contributed by atoms with van der Waals surface area (Å²) >= 11 is 3.14. The van der Waals surface area contributed by atoms with Crippen molar-refractivity contribution >= 4 is 27.7 Å². The molecular weight excluding hydrogens is 343 g/mol. The molecule has 0 aromatic heterocycles. The molecule has 0 fully saturated rings. The summed E-state index contributed by atoms with van der Waals surface area (Å²) in [5, 5.41) is 2.62. The predicted molar refractivity (Wildman–Crippen MR) is 80.5 cm³/mol. The second-order valence-electron chi connectivity index (χ2n) is 4.22. The lowest BCUT2D eigenvalue weighted by atomic mass is 10.3. The van der Waals surface area contributed by atoms with Gasteiger partial charge in [-0.1, -0.05) is 15.9 Å². The maximum atomic E-state index is 13.6. The van der Waals surface area contributed by atoms with Gasteiger partial charge in [-0.3, -0.25) is 9.59 Å². The van der Waals surface area contributed by atoms with Crippen LogP contribution >= 0.6 is 15.9 Å². The number of ether oxygens (including phenoxy) is 1. The molecule has 0 aliphatic carbocycles. The van der Waals surface area contributed by atoms with Crippen LogP contribution in [0.2, 0.25) is 0 Å². The van der Waals surface area contributed by atoms with Crippen molar-refractivity contribution in [2.45, 2.75) is 13.8 Å². The van der Waals surface area contributed by atoms with E-state index in [1.165, 1.54) is 17.0 Å². The molecule has 1 rings (SSSR count). The zero-order valence-electron chi connectivity index (χ0n) is 12.0. The number of likely N-dealkylation sites (N-methyl/N-ethyl adjacent to an activating group) is 2. The Morgan fingerprint density at radius 1 is 1.38 bits per heavy atom. The normalized spacial score (nSPS) is 10.1. The van der Waals surface area contributed by atoms with Gasteiger partial charge in [-0.15, -0.1) is 0 Å². The Balaban J connectivity index is 2.56. The first-order chi connectivity index (χ1) is 9.97. The van der Waals surface area contributed by atoms with Crippen LogP contribution in [-0.2, 0) is 9.59 Å². The standard InChI is InChI=1S/C14H18BrFN2O3/c1-3-17-13(19)8-18(4-2)14(20)9-21-12-6-5-10(15)7-11(12)16/h5-7H,3-4,8-9H2,1-2H3,(H,17,19). The number of amides is 2. The van der Waals surface area contributed by atoms with Crippen molar-refractivity contribution in [3.63, 3.8) is 0 Å². The highest BCUT2D eigenvalue weighted by Crippen LogP contribution is 2.21. The summed E-state index contributed by atoms with van der Waals surface area (Å²) in [6.45, 7) is 4.10. The summed E-state index contributed by atoms with van der Waals surface area (Å²) in [5.41, 5.74) is 0. The summed E-state index contributed by atoms with van der Waals surface area (Å²) in [7, 11) is 0. The van der Waals surface area contributed by atoms with E-state index in [2.05, 4.69) is 21.2 Å². The Labute approximate surface area is 131 Å². The van der Waals surface area contributed by atoms with E-state index in [-0.39, 0.29) is 30.7 Å². The molecule has 0 spiro atoms. The quantitative estimate of drug-likeness (QED) is 0.808. The number of hydrogen-bond acceptors (Lipinski definition) is 3. The fourth-order valence-corrected chi connectivity index (χ4v) is 1.96. The molecule has 0 saturated carbocycles. The van der Waals surface area contributed by atoms with Crippen LogP contribution in [0, 0.1) is 5.82 Å². The van der Waals surface area contributed by atoms with Crippen LogP contribution in [0.15, 0.2) is 22.7 Å². The number of carbonyl (C=O) groups is 2. The zero-order chi connectivity index (χ0) is 15.8. The molecule has 1 N–H and O–H groups in total. The zero-order valence-corrected chi connectivity index (χ0v) is 13.6. The van der Waals surface area contributed by atoms with Crippen LogP contribution in [0.4, 0.5) is 4.39 Å². The molecule has 2 amide bonds. The van der Waals surface area contributed by atoms with Gasteiger partial charge in [0.2, 0.25) is 5.91 Å². The highest BCUT2D eigenvalue weighted by atomic mass is 79.9. The average molecular weight is 361 g/mol. The van der Waals surface area contributed by atoms with Crippen molar-refractivity contribution < 1.29 is 18.7 Å². The van der Waals surface area contributed by atoms with Crippen molar-refractivity contribution in [1.29, 1.82) is 0 Å². The molecule has 1 aromatic rings. The molecule has 116 valence electrons. The lowest BCUT2D eigenvalue weighted by molar-refractivity contribution is -0.137. The Kier molecular flexibility index (Phi) is 7.14. The predicted octanol–water partition coefficient (Wildman–Crippen LogP) is 1.95. The Bertz CT molecular complexity index is 511. The molecule has 0 bridgehead atoms. The lowest BCUT2D eigenvalue weighted by Gasteiger charge is -2.20. The van der Waals surface area contributed by atoms with Crippen molar-refractivity contribution in [2.24, 2.45) is 0 Å². The number of hydrogen-bond donors (Lipinski definition) is 1. The molecule has 0 heterocycles. The van der Waals surface area contributed by atoms with E-state index in [1.54, 1.807) is 19.9 Å². The first kappa shape index (κ1) is 17.4. The maximum absolute atomic E-state index is 13.6. The summed E-state index contributed by atoms with van der Waals surface area (Å²) in [6, 6.07) is 4.31.